The van der Waals surface area contributed by atoms with E-state index in [1.807, 2.05) is 0 Å². The first-order valence-corrected chi connectivity index (χ1v) is 8.31. The van der Waals surface area contributed by atoms with E-state index in [4.69, 9.17) is 0 Å². The van der Waals surface area contributed by atoms with Gasteiger partial charge >= 0.3 is 0 Å². The Labute approximate surface area is 112 Å². The Morgan fingerprint density at radius 1 is 1.35 bits per heavy atom. The molecule has 2 nitrogen and oxygen atoms in total. The van der Waals surface area contributed by atoms with Gasteiger partial charge in [0.1, 0.15) is 0 Å². The first-order valence-electron chi connectivity index (χ1n) is 7.16. The Morgan fingerprint density at radius 3 is 2.82 bits per heavy atom. The lowest BCUT2D eigenvalue weighted by molar-refractivity contribution is 0.298. The number of thioether (sulfide) groups is 1. The molecule has 0 amide bonds. The van der Waals surface area contributed by atoms with Gasteiger partial charge in [0.25, 0.3) is 0 Å². The average Bonchev–Trinajstić information content (AvgIpc) is 2.30. The standard InChI is InChI=1S/C14H30N2S/c1-4-5-6-7-14(2,3)12-15-10-13-11-17-9-8-16-13/h13,15-16H,4-12H2,1-3H3. The van der Waals surface area contributed by atoms with Crippen molar-refractivity contribution in [3.05, 3.63) is 0 Å². The number of hydrogen-bond donors (Lipinski definition) is 2. The summed E-state index contributed by atoms with van der Waals surface area (Å²) in [5.74, 6) is 2.54. The van der Waals surface area contributed by atoms with Gasteiger partial charge in [-0.2, -0.15) is 11.8 Å². The lowest BCUT2D eigenvalue weighted by atomic mass is 9.87. The van der Waals surface area contributed by atoms with Gasteiger partial charge in [0.2, 0.25) is 0 Å². The molecule has 3 heteroatoms. The Kier molecular flexibility index (Phi) is 7.56. The van der Waals surface area contributed by atoms with Crippen LogP contribution < -0.4 is 10.6 Å². The van der Waals surface area contributed by atoms with Gasteiger partial charge in [-0.3, -0.25) is 0 Å². The Bertz CT molecular complexity index is 189. The molecule has 2 N–H and O–H groups in total. The lowest BCUT2D eigenvalue weighted by Crippen LogP contribution is -2.46. The van der Waals surface area contributed by atoms with E-state index >= 15 is 0 Å². The number of hydrogen-bond acceptors (Lipinski definition) is 3. The molecule has 0 spiro atoms. The SMILES string of the molecule is CCCCCC(C)(C)CNCC1CSCCN1. The highest BCUT2D eigenvalue weighted by Crippen LogP contribution is 2.22. The summed E-state index contributed by atoms with van der Waals surface area (Å²) in [5, 5.41) is 7.22. The molecule has 1 saturated heterocycles. The third kappa shape index (κ3) is 7.32. The van der Waals surface area contributed by atoms with Crippen LogP contribution in [0.5, 0.6) is 0 Å². The normalized spacial score (nSPS) is 21.7. The molecule has 0 aromatic heterocycles. The summed E-state index contributed by atoms with van der Waals surface area (Å²) < 4.78 is 0. The van der Waals surface area contributed by atoms with Gasteiger partial charge in [-0.1, -0.05) is 40.0 Å². The molecule has 17 heavy (non-hydrogen) atoms. The molecule has 1 atom stereocenters. The first kappa shape index (κ1) is 15.3. The average molecular weight is 258 g/mol. The van der Waals surface area contributed by atoms with Crippen molar-refractivity contribution in [2.75, 3.05) is 31.1 Å². The smallest absolute Gasteiger partial charge is 0.0283 e. The maximum atomic E-state index is 3.65. The van der Waals surface area contributed by atoms with Crippen molar-refractivity contribution in [1.82, 2.24) is 10.6 Å². The van der Waals surface area contributed by atoms with Crippen molar-refractivity contribution in [2.45, 2.75) is 52.5 Å². The summed E-state index contributed by atoms with van der Waals surface area (Å²) in [4.78, 5) is 0. The second-order valence-electron chi connectivity index (χ2n) is 5.98. The van der Waals surface area contributed by atoms with Gasteiger partial charge in [0.05, 0.1) is 0 Å². The molecule has 0 aliphatic carbocycles. The van der Waals surface area contributed by atoms with Crippen LogP contribution in [0.15, 0.2) is 0 Å². The molecule has 1 heterocycles. The zero-order valence-electron chi connectivity index (χ0n) is 11.8. The first-order chi connectivity index (χ1) is 8.14. The third-order valence-corrected chi connectivity index (χ3v) is 4.58. The molecule has 0 bridgehead atoms. The minimum absolute atomic E-state index is 0.455. The van der Waals surface area contributed by atoms with Gasteiger partial charge in [-0.05, 0) is 11.8 Å². The molecule has 0 aromatic rings. The zero-order chi connectivity index (χ0) is 12.6. The van der Waals surface area contributed by atoms with E-state index in [-0.39, 0.29) is 0 Å². The van der Waals surface area contributed by atoms with Gasteiger partial charge in [-0.15, -0.1) is 0 Å². The van der Waals surface area contributed by atoms with E-state index in [0.717, 1.165) is 13.1 Å². The topological polar surface area (TPSA) is 24.1 Å². The summed E-state index contributed by atoms with van der Waals surface area (Å²) in [6.45, 7) is 10.5. The van der Waals surface area contributed by atoms with E-state index in [2.05, 4.69) is 43.2 Å². The van der Waals surface area contributed by atoms with Crippen LogP contribution in [0.3, 0.4) is 0 Å². The van der Waals surface area contributed by atoms with Crippen LogP contribution >= 0.6 is 11.8 Å². The number of rotatable bonds is 8. The molecule has 1 aliphatic heterocycles. The highest BCUT2D eigenvalue weighted by molar-refractivity contribution is 7.99. The van der Waals surface area contributed by atoms with Crippen molar-refractivity contribution in [3.8, 4) is 0 Å². The second kappa shape index (κ2) is 8.39. The van der Waals surface area contributed by atoms with E-state index in [1.54, 1.807) is 0 Å². The largest absolute Gasteiger partial charge is 0.315 e. The minimum Gasteiger partial charge on any atom is -0.315 e. The molecule has 1 unspecified atom stereocenters. The van der Waals surface area contributed by atoms with Crippen LogP contribution in [0.4, 0.5) is 0 Å². The summed E-state index contributed by atoms with van der Waals surface area (Å²) in [5.41, 5.74) is 0.455. The summed E-state index contributed by atoms with van der Waals surface area (Å²) in [7, 11) is 0. The van der Waals surface area contributed by atoms with E-state index in [9.17, 15) is 0 Å². The van der Waals surface area contributed by atoms with Crippen molar-refractivity contribution in [2.24, 2.45) is 5.41 Å². The van der Waals surface area contributed by atoms with Crippen LogP contribution in [-0.2, 0) is 0 Å². The zero-order valence-corrected chi connectivity index (χ0v) is 12.7. The van der Waals surface area contributed by atoms with Gasteiger partial charge in [0.15, 0.2) is 0 Å². The molecule has 0 saturated carbocycles. The number of unbranched alkanes of at least 4 members (excludes halogenated alkanes) is 2. The van der Waals surface area contributed by atoms with Crippen LogP contribution in [0, 0.1) is 5.41 Å². The minimum atomic E-state index is 0.455. The van der Waals surface area contributed by atoms with Crippen LogP contribution in [0.2, 0.25) is 0 Å². The molecule has 0 radical (unpaired) electrons. The fourth-order valence-electron chi connectivity index (χ4n) is 2.28. The third-order valence-electron chi connectivity index (χ3n) is 3.45. The van der Waals surface area contributed by atoms with Crippen LogP contribution in [0.25, 0.3) is 0 Å². The Morgan fingerprint density at radius 2 is 2.18 bits per heavy atom. The second-order valence-corrected chi connectivity index (χ2v) is 7.13. The van der Waals surface area contributed by atoms with E-state index in [0.29, 0.717) is 11.5 Å². The maximum absolute atomic E-state index is 3.65. The van der Waals surface area contributed by atoms with Crippen molar-refractivity contribution < 1.29 is 0 Å². The summed E-state index contributed by atoms with van der Waals surface area (Å²) in [6, 6.07) is 0.681. The molecule has 1 aliphatic rings. The molecule has 102 valence electrons. The fourth-order valence-corrected chi connectivity index (χ4v) is 3.23. The monoisotopic (exact) mass is 258 g/mol. The van der Waals surface area contributed by atoms with Gasteiger partial charge < -0.3 is 10.6 Å². The van der Waals surface area contributed by atoms with Crippen molar-refractivity contribution >= 4 is 11.8 Å². The predicted octanol–water partition coefficient (Wildman–Crippen LogP) is 2.89. The number of nitrogens with one attached hydrogen (secondary N) is 2. The molecular weight excluding hydrogens is 228 g/mol. The highest BCUT2D eigenvalue weighted by Gasteiger charge is 2.18. The van der Waals surface area contributed by atoms with Gasteiger partial charge in [0, 0.05) is 37.2 Å². The van der Waals surface area contributed by atoms with Crippen molar-refractivity contribution in [3.63, 3.8) is 0 Å². The molecule has 1 rings (SSSR count). The van der Waals surface area contributed by atoms with Crippen LogP contribution in [-0.4, -0.2) is 37.2 Å². The summed E-state index contributed by atoms with van der Waals surface area (Å²) in [6.07, 6.45) is 5.43. The fraction of sp³-hybridized carbons (Fsp3) is 1.00. The molecule has 0 aromatic carbocycles. The predicted molar refractivity (Wildman–Crippen MR) is 79.9 cm³/mol. The van der Waals surface area contributed by atoms with Crippen molar-refractivity contribution in [1.29, 1.82) is 0 Å². The van der Waals surface area contributed by atoms with E-state index in [1.165, 1.54) is 43.7 Å². The Hall–Kier alpha value is 0.270. The Balaban J connectivity index is 2.06. The van der Waals surface area contributed by atoms with Crippen LogP contribution in [0.1, 0.15) is 46.5 Å². The molecule has 1 fully saturated rings. The van der Waals surface area contributed by atoms with Gasteiger partial charge in [-0.25, -0.2) is 0 Å². The summed E-state index contributed by atoms with van der Waals surface area (Å²) >= 11 is 2.08. The van der Waals surface area contributed by atoms with E-state index < -0.39 is 0 Å². The maximum Gasteiger partial charge on any atom is 0.0283 e. The molecular formula is C14H30N2S. The lowest BCUT2D eigenvalue weighted by Gasteiger charge is -2.28. The highest BCUT2D eigenvalue weighted by atomic mass is 32.2. The quantitative estimate of drug-likeness (QED) is 0.655.